The molecule has 150 valence electrons. The second kappa shape index (κ2) is 8.19. The molecule has 0 spiro atoms. The number of benzene rings is 2. The van der Waals surface area contributed by atoms with E-state index in [0.29, 0.717) is 0 Å². The highest BCUT2D eigenvalue weighted by Gasteiger charge is 2.30. The van der Waals surface area contributed by atoms with E-state index in [1.165, 1.54) is 26.2 Å². The van der Waals surface area contributed by atoms with Crippen molar-refractivity contribution in [2.45, 2.75) is 11.4 Å². The third kappa shape index (κ3) is 3.81. The monoisotopic (exact) mass is 468 g/mol. The quantitative estimate of drug-likeness (QED) is 0.455. The summed E-state index contributed by atoms with van der Waals surface area (Å²) in [5.41, 5.74) is 3.41. The van der Waals surface area contributed by atoms with Gasteiger partial charge in [0.1, 0.15) is 0 Å². The summed E-state index contributed by atoms with van der Waals surface area (Å²) in [6, 6.07) is 16.6. The number of thiazole rings is 1. The second-order valence-electron chi connectivity index (χ2n) is 6.98. The number of hydrogen-bond donors (Lipinski definition) is 1. The van der Waals surface area contributed by atoms with Gasteiger partial charge in [-0.3, -0.25) is 0 Å². The van der Waals surface area contributed by atoms with Crippen LogP contribution < -0.4 is 14.8 Å². The Labute approximate surface area is 193 Å². The summed E-state index contributed by atoms with van der Waals surface area (Å²) in [6.45, 7) is 5.12. The fourth-order valence-electron chi connectivity index (χ4n) is 3.42. The Bertz CT molecular complexity index is 1200. The fourth-order valence-corrected chi connectivity index (χ4v) is 6.90. The lowest BCUT2D eigenvalue weighted by molar-refractivity contribution is -0.685. The van der Waals surface area contributed by atoms with Crippen LogP contribution in [0.1, 0.15) is 10.6 Å². The van der Waals surface area contributed by atoms with E-state index in [9.17, 15) is 0 Å². The molecule has 2 aliphatic rings. The van der Waals surface area contributed by atoms with Crippen molar-refractivity contribution < 1.29 is 4.57 Å². The number of hydrogen-bond acceptors (Lipinski definition) is 5. The summed E-state index contributed by atoms with van der Waals surface area (Å²) >= 11 is 11.4. The Kier molecular flexibility index (Phi) is 5.41. The molecule has 1 fully saturated rings. The summed E-state index contributed by atoms with van der Waals surface area (Å²) in [5, 5.41) is 9.84. The van der Waals surface area contributed by atoms with Crippen LogP contribution in [0.15, 0.2) is 92.2 Å². The van der Waals surface area contributed by atoms with E-state index in [2.05, 4.69) is 82.5 Å². The Hall–Kier alpha value is -2.12. The first-order valence-corrected chi connectivity index (χ1v) is 12.3. The summed E-state index contributed by atoms with van der Waals surface area (Å²) in [4.78, 5) is 4.55. The Morgan fingerprint density at radius 1 is 1.17 bits per heavy atom. The van der Waals surface area contributed by atoms with E-state index in [1.807, 2.05) is 12.1 Å². The molecule has 1 N–H and O–H groups in total. The topological polar surface area (TPSA) is 19.1 Å². The molecule has 3 aromatic rings. The van der Waals surface area contributed by atoms with E-state index in [0.717, 1.165) is 27.2 Å². The lowest BCUT2D eigenvalue weighted by Gasteiger charge is -2.15. The molecule has 0 bridgehead atoms. The van der Waals surface area contributed by atoms with Crippen molar-refractivity contribution >= 4 is 58.2 Å². The lowest BCUT2D eigenvalue weighted by Crippen LogP contribution is -2.34. The molecule has 0 aliphatic carbocycles. The lowest BCUT2D eigenvalue weighted by atomic mass is 10.2. The largest absolute Gasteiger partial charge is 0.349 e. The van der Waals surface area contributed by atoms with Crippen LogP contribution in [0.2, 0.25) is 5.02 Å². The van der Waals surface area contributed by atoms with Crippen LogP contribution in [0.25, 0.3) is 6.08 Å². The average molecular weight is 469 g/mol. The van der Waals surface area contributed by atoms with E-state index >= 15 is 0 Å². The van der Waals surface area contributed by atoms with Gasteiger partial charge in [-0.25, -0.2) is 0 Å². The normalized spacial score (nSPS) is 19.5. The van der Waals surface area contributed by atoms with Gasteiger partial charge in [-0.1, -0.05) is 83.4 Å². The predicted molar refractivity (Wildman–Crippen MR) is 131 cm³/mol. The van der Waals surface area contributed by atoms with Crippen LogP contribution in [0.4, 0.5) is 5.69 Å². The van der Waals surface area contributed by atoms with Gasteiger partial charge in [0.25, 0.3) is 5.01 Å². The van der Waals surface area contributed by atoms with Crippen molar-refractivity contribution in [2.75, 3.05) is 11.9 Å². The molecular weight excluding hydrogens is 450 g/mol. The number of fused-ring (bicyclic) bond motifs is 1. The molecule has 1 aromatic heterocycles. The van der Waals surface area contributed by atoms with E-state index in [-0.39, 0.29) is 0 Å². The number of aromatic nitrogens is 1. The van der Waals surface area contributed by atoms with E-state index < -0.39 is 0 Å². The van der Waals surface area contributed by atoms with Gasteiger partial charge in [0.15, 0.2) is 12.7 Å². The maximum atomic E-state index is 6.19. The molecule has 0 unspecified atom stereocenters. The molecule has 0 atom stereocenters. The maximum Gasteiger partial charge on any atom is 0.264 e. The first-order valence-electron chi connectivity index (χ1n) is 9.40. The van der Waals surface area contributed by atoms with Crippen molar-refractivity contribution in [1.29, 1.82) is 0 Å². The standard InChI is InChI=1S/C23H18ClN3S3/c1-15-22(23-26(2)18-9-8-17(24)12-19(18)29-23)30-20(25-15)13-21-27(10-11-28-21)14-16-6-4-3-5-7-16/h3-13H,1,14H2,2H3/p+1/b23-22+. The van der Waals surface area contributed by atoms with E-state index in [1.54, 1.807) is 34.9 Å². The van der Waals surface area contributed by atoms with Crippen molar-refractivity contribution in [3.8, 4) is 0 Å². The molecule has 3 nitrogen and oxygen atoms in total. The van der Waals surface area contributed by atoms with Gasteiger partial charge in [0, 0.05) is 28.2 Å². The number of nitrogens with one attached hydrogen (secondary N) is 1. The summed E-state index contributed by atoms with van der Waals surface area (Å²) in [5.74, 6) is 0. The molecule has 0 amide bonds. The molecule has 2 aliphatic heterocycles. The van der Waals surface area contributed by atoms with Crippen LogP contribution in [-0.4, -0.2) is 7.05 Å². The summed E-state index contributed by atoms with van der Waals surface area (Å²) in [6.07, 6.45) is 4.35. The van der Waals surface area contributed by atoms with Crippen molar-refractivity contribution in [3.05, 3.63) is 103 Å². The van der Waals surface area contributed by atoms with Gasteiger partial charge >= 0.3 is 0 Å². The number of nitrogens with zero attached hydrogens (tertiary/aromatic N) is 2. The van der Waals surface area contributed by atoms with Gasteiger partial charge in [-0.05, 0) is 18.2 Å². The van der Waals surface area contributed by atoms with E-state index in [4.69, 9.17) is 11.6 Å². The zero-order chi connectivity index (χ0) is 20.7. The van der Waals surface area contributed by atoms with Gasteiger partial charge < -0.3 is 10.2 Å². The Morgan fingerprint density at radius 3 is 2.83 bits per heavy atom. The van der Waals surface area contributed by atoms with Crippen molar-refractivity contribution in [2.24, 2.45) is 0 Å². The first kappa shape index (κ1) is 19.8. The van der Waals surface area contributed by atoms with Crippen LogP contribution >= 0.6 is 46.5 Å². The zero-order valence-electron chi connectivity index (χ0n) is 16.3. The summed E-state index contributed by atoms with van der Waals surface area (Å²) in [7, 11) is 2.09. The number of thioether (sulfide) groups is 2. The Morgan fingerprint density at radius 2 is 2.00 bits per heavy atom. The third-order valence-electron chi connectivity index (χ3n) is 4.91. The second-order valence-corrected chi connectivity index (χ2v) is 10.4. The van der Waals surface area contributed by atoms with Crippen molar-refractivity contribution in [3.63, 3.8) is 0 Å². The van der Waals surface area contributed by atoms with Crippen LogP contribution in [0, 0.1) is 0 Å². The average Bonchev–Trinajstić information content (AvgIpc) is 3.41. The maximum absolute atomic E-state index is 6.19. The van der Waals surface area contributed by atoms with Gasteiger partial charge in [-0.2, -0.15) is 4.57 Å². The van der Waals surface area contributed by atoms with Crippen molar-refractivity contribution in [1.82, 2.24) is 5.32 Å². The number of anilines is 1. The van der Waals surface area contributed by atoms with Gasteiger partial charge in [0.05, 0.1) is 32.1 Å². The SMILES string of the molecule is C=C1N/C(=C/c2scc[n+]2Cc2ccccc2)S/C1=C1/Sc2cc(Cl)ccc2N1C. The molecule has 0 radical (unpaired) electrons. The highest BCUT2D eigenvalue weighted by Crippen LogP contribution is 2.52. The van der Waals surface area contributed by atoms with Gasteiger partial charge in [0.2, 0.25) is 0 Å². The molecule has 7 heteroatoms. The van der Waals surface area contributed by atoms with Crippen LogP contribution in [0.5, 0.6) is 0 Å². The zero-order valence-corrected chi connectivity index (χ0v) is 19.5. The molecule has 5 rings (SSSR count). The minimum atomic E-state index is 0.762. The number of rotatable bonds is 3. The number of halogens is 1. The highest BCUT2D eigenvalue weighted by atomic mass is 35.5. The third-order valence-corrected chi connectivity index (χ3v) is 8.43. The minimum absolute atomic E-state index is 0.762. The summed E-state index contributed by atoms with van der Waals surface area (Å²) < 4.78 is 2.28. The molecule has 1 saturated heterocycles. The minimum Gasteiger partial charge on any atom is -0.349 e. The van der Waals surface area contributed by atoms with Crippen LogP contribution in [0.3, 0.4) is 0 Å². The molecule has 2 aromatic carbocycles. The smallest absolute Gasteiger partial charge is 0.264 e. The predicted octanol–water partition coefficient (Wildman–Crippen LogP) is 6.30. The van der Waals surface area contributed by atoms with Crippen LogP contribution in [-0.2, 0) is 6.54 Å². The highest BCUT2D eigenvalue weighted by molar-refractivity contribution is 8.09. The molecule has 30 heavy (non-hydrogen) atoms. The fraction of sp³-hybridized carbons (Fsp3) is 0.0870. The molecule has 3 heterocycles. The van der Waals surface area contributed by atoms with Gasteiger partial charge in [-0.15, -0.1) is 0 Å². The first-order chi connectivity index (χ1) is 14.6. The Balaban J connectivity index is 1.41. The molecule has 0 saturated carbocycles. The molecular formula is C23H19ClN3S3+.